The molecule has 0 unspecified atom stereocenters. The van der Waals surface area contributed by atoms with E-state index >= 15 is 0 Å². The lowest BCUT2D eigenvalue weighted by molar-refractivity contribution is -0.119. The van der Waals surface area contributed by atoms with Crippen LogP contribution in [0.15, 0.2) is 48.5 Å². The average molecular weight is 309 g/mol. The van der Waals surface area contributed by atoms with Crippen molar-refractivity contribution in [1.82, 2.24) is 5.32 Å². The van der Waals surface area contributed by atoms with Crippen molar-refractivity contribution in [3.63, 3.8) is 0 Å². The Morgan fingerprint density at radius 3 is 2.74 bits per heavy atom. The van der Waals surface area contributed by atoms with Gasteiger partial charge in [0, 0.05) is 24.5 Å². The monoisotopic (exact) mass is 309 g/mol. The third kappa shape index (κ3) is 3.83. The van der Waals surface area contributed by atoms with E-state index in [0.717, 1.165) is 24.9 Å². The van der Waals surface area contributed by atoms with E-state index in [9.17, 15) is 4.79 Å². The van der Waals surface area contributed by atoms with Gasteiger partial charge in [-0.05, 0) is 42.5 Å². The van der Waals surface area contributed by atoms with Crippen LogP contribution in [-0.2, 0) is 17.8 Å². The molecule has 3 rings (SSSR count). The van der Waals surface area contributed by atoms with E-state index in [2.05, 4.69) is 28.4 Å². The maximum Gasteiger partial charge on any atom is 0.239 e. The summed E-state index contributed by atoms with van der Waals surface area (Å²) in [6.07, 6.45) is 3.39. The Morgan fingerprint density at radius 2 is 1.87 bits per heavy atom. The smallest absolute Gasteiger partial charge is 0.239 e. The molecule has 120 valence electrons. The van der Waals surface area contributed by atoms with Gasteiger partial charge in [0.15, 0.2) is 0 Å². The van der Waals surface area contributed by atoms with Crippen molar-refractivity contribution >= 4 is 17.3 Å². The second kappa shape index (κ2) is 7.18. The number of hydrogen-bond donors (Lipinski definition) is 2. The summed E-state index contributed by atoms with van der Waals surface area (Å²) in [4.78, 5) is 14.5. The Balaban J connectivity index is 1.63. The molecule has 1 aliphatic heterocycles. The summed E-state index contributed by atoms with van der Waals surface area (Å²) in [5.74, 6) is 0.0324. The second-order valence-corrected chi connectivity index (χ2v) is 5.98. The number of carbonyl (C=O) groups is 1. The van der Waals surface area contributed by atoms with Crippen LogP contribution in [0.4, 0.5) is 11.4 Å². The standard InChI is InChI=1S/C19H23N3O/c20-17-10-3-1-9-16(17)13-21-19(23)14-22-12-6-5-8-15-7-2-4-11-18(15)22/h1-4,7,9-11H,5-6,8,12-14,20H2,(H,21,23). The molecule has 0 saturated carbocycles. The molecule has 0 atom stereocenters. The number of amides is 1. The average Bonchev–Trinajstić information content (AvgIpc) is 2.77. The van der Waals surface area contributed by atoms with Gasteiger partial charge >= 0.3 is 0 Å². The lowest BCUT2D eigenvalue weighted by atomic mass is 10.1. The molecule has 0 aromatic heterocycles. The molecule has 4 nitrogen and oxygen atoms in total. The molecule has 1 amide bonds. The van der Waals surface area contributed by atoms with E-state index in [1.807, 2.05) is 30.3 Å². The first-order valence-electron chi connectivity index (χ1n) is 8.17. The molecule has 2 aromatic rings. The first kappa shape index (κ1) is 15.4. The van der Waals surface area contributed by atoms with Gasteiger partial charge < -0.3 is 16.0 Å². The highest BCUT2D eigenvalue weighted by Crippen LogP contribution is 2.25. The molecule has 0 aliphatic carbocycles. The van der Waals surface area contributed by atoms with Crippen molar-refractivity contribution in [2.45, 2.75) is 25.8 Å². The quantitative estimate of drug-likeness (QED) is 0.854. The fraction of sp³-hybridized carbons (Fsp3) is 0.316. The van der Waals surface area contributed by atoms with Crippen molar-refractivity contribution in [2.75, 3.05) is 23.7 Å². The predicted octanol–water partition coefficient (Wildman–Crippen LogP) is 2.73. The summed E-state index contributed by atoms with van der Waals surface area (Å²) < 4.78 is 0. The number of benzene rings is 2. The molecule has 3 N–H and O–H groups in total. The maximum absolute atomic E-state index is 12.3. The normalized spacial score (nSPS) is 14.0. The zero-order valence-corrected chi connectivity index (χ0v) is 13.3. The molecular weight excluding hydrogens is 286 g/mol. The second-order valence-electron chi connectivity index (χ2n) is 5.98. The highest BCUT2D eigenvalue weighted by Gasteiger charge is 2.17. The predicted molar refractivity (Wildman–Crippen MR) is 94.3 cm³/mol. The fourth-order valence-corrected chi connectivity index (χ4v) is 3.05. The number of aryl methyl sites for hydroxylation is 1. The molecule has 0 bridgehead atoms. The lowest BCUT2D eigenvalue weighted by Crippen LogP contribution is -2.37. The Labute approximate surface area is 137 Å². The Kier molecular flexibility index (Phi) is 4.81. The zero-order chi connectivity index (χ0) is 16.1. The molecule has 2 aromatic carbocycles. The summed E-state index contributed by atoms with van der Waals surface area (Å²) in [7, 11) is 0. The maximum atomic E-state index is 12.3. The number of nitrogen functional groups attached to an aromatic ring is 1. The van der Waals surface area contributed by atoms with Crippen LogP contribution in [0, 0.1) is 0 Å². The van der Waals surface area contributed by atoms with Gasteiger partial charge in [-0.15, -0.1) is 0 Å². The molecule has 0 fully saturated rings. The largest absolute Gasteiger partial charge is 0.398 e. The minimum absolute atomic E-state index is 0.0324. The number of fused-ring (bicyclic) bond motifs is 1. The van der Waals surface area contributed by atoms with Crippen LogP contribution in [0.2, 0.25) is 0 Å². The fourth-order valence-electron chi connectivity index (χ4n) is 3.05. The molecular formula is C19H23N3O. The Bertz CT molecular complexity index is 684. The number of hydrogen-bond acceptors (Lipinski definition) is 3. The van der Waals surface area contributed by atoms with Crippen LogP contribution < -0.4 is 16.0 Å². The first-order chi connectivity index (χ1) is 11.2. The van der Waals surface area contributed by atoms with Gasteiger partial charge in [0.25, 0.3) is 0 Å². The summed E-state index contributed by atoms with van der Waals surface area (Å²) in [6, 6.07) is 16.0. The summed E-state index contributed by atoms with van der Waals surface area (Å²) in [6.45, 7) is 1.79. The van der Waals surface area contributed by atoms with E-state index in [4.69, 9.17) is 5.73 Å². The van der Waals surface area contributed by atoms with Gasteiger partial charge in [-0.3, -0.25) is 4.79 Å². The number of nitrogens with one attached hydrogen (secondary N) is 1. The van der Waals surface area contributed by atoms with Crippen molar-refractivity contribution < 1.29 is 4.79 Å². The highest BCUT2D eigenvalue weighted by atomic mass is 16.2. The molecule has 4 heteroatoms. The summed E-state index contributed by atoms with van der Waals surface area (Å²) in [5.41, 5.74) is 10.1. The van der Waals surface area contributed by atoms with Crippen LogP contribution >= 0.6 is 0 Å². The number of para-hydroxylation sites is 2. The molecule has 0 radical (unpaired) electrons. The Hall–Kier alpha value is -2.49. The van der Waals surface area contributed by atoms with Crippen LogP contribution in [-0.4, -0.2) is 19.0 Å². The van der Waals surface area contributed by atoms with Crippen LogP contribution in [0.25, 0.3) is 0 Å². The van der Waals surface area contributed by atoms with Crippen molar-refractivity contribution in [2.24, 2.45) is 0 Å². The highest BCUT2D eigenvalue weighted by molar-refractivity contribution is 5.81. The van der Waals surface area contributed by atoms with Gasteiger partial charge in [-0.25, -0.2) is 0 Å². The molecule has 1 heterocycles. The molecule has 0 spiro atoms. The van der Waals surface area contributed by atoms with E-state index in [-0.39, 0.29) is 5.91 Å². The minimum Gasteiger partial charge on any atom is -0.398 e. The number of rotatable bonds is 4. The van der Waals surface area contributed by atoms with Gasteiger partial charge in [0.2, 0.25) is 5.91 Å². The van der Waals surface area contributed by atoms with Crippen molar-refractivity contribution in [3.8, 4) is 0 Å². The van der Waals surface area contributed by atoms with Gasteiger partial charge in [-0.2, -0.15) is 0 Å². The summed E-state index contributed by atoms with van der Waals surface area (Å²) in [5, 5.41) is 2.98. The van der Waals surface area contributed by atoms with Gasteiger partial charge in [0.1, 0.15) is 0 Å². The van der Waals surface area contributed by atoms with E-state index < -0.39 is 0 Å². The molecule has 1 aliphatic rings. The van der Waals surface area contributed by atoms with E-state index in [1.54, 1.807) is 0 Å². The van der Waals surface area contributed by atoms with Gasteiger partial charge in [0.05, 0.1) is 6.54 Å². The number of nitrogens with two attached hydrogens (primary N) is 1. The SMILES string of the molecule is Nc1ccccc1CNC(=O)CN1CCCCc2ccccc21. The van der Waals surface area contributed by atoms with Crippen LogP contribution in [0.1, 0.15) is 24.0 Å². The van der Waals surface area contributed by atoms with Crippen LogP contribution in [0.5, 0.6) is 0 Å². The molecule has 0 saturated heterocycles. The number of nitrogens with zero attached hydrogens (tertiary/aromatic N) is 1. The van der Waals surface area contributed by atoms with Crippen molar-refractivity contribution in [3.05, 3.63) is 59.7 Å². The van der Waals surface area contributed by atoms with E-state index in [1.165, 1.54) is 17.7 Å². The van der Waals surface area contributed by atoms with Crippen molar-refractivity contribution in [1.29, 1.82) is 0 Å². The van der Waals surface area contributed by atoms with Crippen LogP contribution in [0.3, 0.4) is 0 Å². The topological polar surface area (TPSA) is 58.4 Å². The van der Waals surface area contributed by atoms with Gasteiger partial charge in [-0.1, -0.05) is 36.4 Å². The Morgan fingerprint density at radius 1 is 1.09 bits per heavy atom. The third-order valence-electron chi connectivity index (χ3n) is 4.32. The minimum atomic E-state index is 0.0324. The molecule has 23 heavy (non-hydrogen) atoms. The number of carbonyl (C=O) groups excluding carboxylic acids is 1. The third-order valence-corrected chi connectivity index (χ3v) is 4.32. The number of anilines is 2. The summed E-state index contributed by atoms with van der Waals surface area (Å²) >= 11 is 0. The first-order valence-corrected chi connectivity index (χ1v) is 8.17. The van der Waals surface area contributed by atoms with E-state index in [0.29, 0.717) is 18.8 Å². The zero-order valence-electron chi connectivity index (χ0n) is 13.3. The lowest BCUT2D eigenvalue weighted by Gasteiger charge is -2.24.